The van der Waals surface area contributed by atoms with Crippen molar-refractivity contribution in [2.24, 2.45) is 15.4 Å². The molecule has 0 aromatic heterocycles. The van der Waals surface area contributed by atoms with Crippen molar-refractivity contribution < 1.29 is 4.74 Å². The van der Waals surface area contributed by atoms with Gasteiger partial charge in [0.15, 0.2) is 0 Å². The number of hydrogen-bond acceptors (Lipinski definition) is 4. The third-order valence-electron chi connectivity index (χ3n) is 6.63. The van der Waals surface area contributed by atoms with Crippen molar-refractivity contribution in [3.8, 4) is 5.75 Å². The molecule has 2 aliphatic rings. The summed E-state index contributed by atoms with van der Waals surface area (Å²) in [5, 5.41) is 0. The molecule has 0 bridgehead atoms. The number of methoxy groups -OCH3 is 1. The Bertz CT molecular complexity index is 1110. The van der Waals surface area contributed by atoms with Gasteiger partial charge >= 0.3 is 0 Å². The Morgan fingerprint density at radius 1 is 1.26 bits per heavy atom. The summed E-state index contributed by atoms with van der Waals surface area (Å²) in [7, 11) is 1.69. The SMILES string of the molecule is C=N/C=C\C(=NCc1cccc(OC)c1)/C(=C(/C)C1(C)C=CC(C)=CC1)N1C=CC(CC)=CC1. The van der Waals surface area contributed by atoms with Crippen molar-refractivity contribution in [1.82, 2.24) is 4.90 Å². The van der Waals surface area contributed by atoms with E-state index >= 15 is 0 Å². The first-order valence-corrected chi connectivity index (χ1v) is 11.9. The van der Waals surface area contributed by atoms with Gasteiger partial charge in [0.2, 0.25) is 0 Å². The minimum absolute atomic E-state index is 0.0936. The first-order chi connectivity index (χ1) is 16.4. The van der Waals surface area contributed by atoms with Crippen LogP contribution in [0.1, 0.15) is 46.1 Å². The first kappa shape index (κ1) is 25.2. The van der Waals surface area contributed by atoms with Gasteiger partial charge in [-0.05, 0) is 74.4 Å². The van der Waals surface area contributed by atoms with E-state index in [4.69, 9.17) is 9.73 Å². The van der Waals surface area contributed by atoms with Gasteiger partial charge in [0.1, 0.15) is 5.75 Å². The van der Waals surface area contributed by atoms with Gasteiger partial charge in [-0.3, -0.25) is 9.98 Å². The number of nitrogens with zero attached hydrogens (tertiary/aromatic N) is 3. The van der Waals surface area contributed by atoms with Crippen LogP contribution < -0.4 is 4.74 Å². The third kappa shape index (κ3) is 6.13. The van der Waals surface area contributed by atoms with Gasteiger partial charge in [-0.1, -0.05) is 55.9 Å². The van der Waals surface area contributed by atoms with Crippen LogP contribution in [-0.4, -0.2) is 31.0 Å². The zero-order chi connectivity index (χ0) is 24.6. The number of rotatable bonds is 9. The summed E-state index contributed by atoms with van der Waals surface area (Å²) >= 11 is 0. The summed E-state index contributed by atoms with van der Waals surface area (Å²) in [6.07, 6.45) is 19.2. The Labute approximate surface area is 205 Å². The van der Waals surface area contributed by atoms with Gasteiger partial charge in [0.05, 0.1) is 25.1 Å². The largest absolute Gasteiger partial charge is 0.497 e. The molecule has 1 unspecified atom stereocenters. The highest BCUT2D eigenvalue weighted by molar-refractivity contribution is 6.08. The van der Waals surface area contributed by atoms with E-state index in [9.17, 15) is 0 Å². The van der Waals surface area contributed by atoms with E-state index in [1.165, 1.54) is 16.7 Å². The first-order valence-electron chi connectivity index (χ1n) is 11.9. The maximum absolute atomic E-state index is 5.40. The molecule has 1 atom stereocenters. The van der Waals surface area contributed by atoms with Gasteiger partial charge in [-0.2, -0.15) is 0 Å². The molecule has 178 valence electrons. The number of allylic oxidation sites excluding steroid dienone is 8. The highest BCUT2D eigenvalue weighted by atomic mass is 16.5. The van der Waals surface area contributed by atoms with Crippen molar-refractivity contribution in [2.45, 2.75) is 47.1 Å². The van der Waals surface area contributed by atoms with Crippen LogP contribution in [0.2, 0.25) is 0 Å². The molecular weight excluding hydrogens is 418 g/mol. The molecule has 0 spiro atoms. The lowest BCUT2D eigenvalue weighted by molar-refractivity contribution is 0.414. The topological polar surface area (TPSA) is 37.2 Å². The van der Waals surface area contributed by atoms with E-state index in [1.54, 1.807) is 13.3 Å². The smallest absolute Gasteiger partial charge is 0.119 e. The fourth-order valence-corrected chi connectivity index (χ4v) is 4.16. The molecule has 0 N–H and O–H groups in total. The molecule has 1 aromatic carbocycles. The monoisotopic (exact) mass is 455 g/mol. The Hall–Kier alpha value is -3.40. The van der Waals surface area contributed by atoms with Gasteiger partial charge < -0.3 is 9.64 Å². The Morgan fingerprint density at radius 2 is 2.09 bits per heavy atom. The van der Waals surface area contributed by atoms with E-state index < -0.39 is 0 Å². The molecule has 1 aliphatic heterocycles. The molecule has 0 saturated heterocycles. The average molecular weight is 456 g/mol. The second-order valence-corrected chi connectivity index (χ2v) is 9.03. The van der Waals surface area contributed by atoms with Crippen molar-refractivity contribution in [2.75, 3.05) is 13.7 Å². The van der Waals surface area contributed by atoms with Crippen molar-refractivity contribution in [3.05, 3.63) is 101 Å². The molecule has 1 aromatic rings. The van der Waals surface area contributed by atoms with Gasteiger partial charge in [0, 0.05) is 24.4 Å². The summed E-state index contributed by atoms with van der Waals surface area (Å²) in [4.78, 5) is 11.4. The van der Waals surface area contributed by atoms with Crippen molar-refractivity contribution in [1.29, 1.82) is 0 Å². The molecule has 0 saturated carbocycles. The fraction of sp³-hybridized carbons (Fsp3) is 0.333. The fourth-order valence-electron chi connectivity index (χ4n) is 4.16. The van der Waals surface area contributed by atoms with Crippen LogP contribution in [0, 0.1) is 5.41 Å². The molecular formula is C30H37N3O. The number of benzene rings is 1. The predicted molar refractivity (Wildman–Crippen MR) is 145 cm³/mol. The van der Waals surface area contributed by atoms with Crippen LogP contribution in [0.3, 0.4) is 0 Å². The zero-order valence-electron chi connectivity index (χ0n) is 21.2. The highest BCUT2D eigenvalue weighted by Gasteiger charge is 2.30. The molecule has 0 radical (unpaired) electrons. The molecule has 34 heavy (non-hydrogen) atoms. The summed E-state index contributed by atoms with van der Waals surface area (Å²) < 4.78 is 5.40. The van der Waals surface area contributed by atoms with Crippen molar-refractivity contribution in [3.63, 3.8) is 0 Å². The van der Waals surface area contributed by atoms with Crippen LogP contribution in [0.4, 0.5) is 0 Å². The van der Waals surface area contributed by atoms with Gasteiger partial charge in [0.25, 0.3) is 0 Å². The van der Waals surface area contributed by atoms with Crippen LogP contribution in [0.25, 0.3) is 0 Å². The van der Waals surface area contributed by atoms with Crippen LogP contribution in [-0.2, 0) is 6.54 Å². The number of aliphatic imine (C=N–C) groups is 2. The lowest BCUT2D eigenvalue weighted by Gasteiger charge is -2.35. The van der Waals surface area contributed by atoms with Crippen LogP contribution >= 0.6 is 0 Å². The zero-order valence-corrected chi connectivity index (χ0v) is 21.2. The summed E-state index contributed by atoms with van der Waals surface area (Å²) in [6, 6.07) is 8.06. The minimum atomic E-state index is -0.0936. The van der Waals surface area contributed by atoms with Crippen LogP contribution in [0.15, 0.2) is 106 Å². The Kier molecular flexibility index (Phi) is 8.64. The second kappa shape index (κ2) is 11.6. The normalized spacial score (nSPS) is 21.3. The van der Waals surface area contributed by atoms with E-state index in [0.717, 1.165) is 42.1 Å². The van der Waals surface area contributed by atoms with E-state index in [-0.39, 0.29) is 5.41 Å². The summed E-state index contributed by atoms with van der Waals surface area (Å²) in [5.41, 5.74) is 6.96. The Morgan fingerprint density at radius 3 is 2.71 bits per heavy atom. The predicted octanol–water partition coefficient (Wildman–Crippen LogP) is 7.20. The highest BCUT2D eigenvalue weighted by Crippen LogP contribution is 2.39. The number of hydrogen-bond donors (Lipinski definition) is 0. The molecule has 1 aliphatic carbocycles. The van der Waals surface area contributed by atoms with E-state index in [0.29, 0.717) is 6.54 Å². The lowest BCUT2D eigenvalue weighted by Crippen LogP contribution is -2.30. The molecule has 0 amide bonds. The van der Waals surface area contributed by atoms with Crippen molar-refractivity contribution >= 4 is 12.4 Å². The summed E-state index contributed by atoms with van der Waals surface area (Å²) in [6.45, 7) is 13.9. The summed E-state index contributed by atoms with van der Waals surface area (Å²) in [5.74, 6) is 0.836. The van der Waals surface area contributed by atoms with Crippen LogP contribution in [0.5, 0.6) is 5.75 Å². The number of ether oxygens (including phenoxy) is 1. The maximum Gasteiger partial charge on any atom is 0.119 e. The maximum atomic E-state index is 5.40. The second-order valence-electron chi connectivity index (χ2n) is 9.03. The molecule has 4 nitrogen and oxygen atoms in total. The lowest BCUT2D eigenvalue weighted by atomic mass is 9.75. The minimum Gasteiger partial charge on any atom is -0.497 e. The van der Waals surface area contributed by atoms with E-state index in [1.807, 2.05) is 24.3 Å². The Balaban J connectivity index is 2.09. The molecule has 0 fully saturated rings. The molecule has 3 rings (SSSR count). The molecule has 4 heteroatoms. The standard InChI is InChI=1S/C30H37N3O/c1-7-25-14-19-33(20-15-25)29(24(3)30(4)16-11-23(2)12-17-30)28(13-18-31-5)32-22-26-9-8-10-27(21-26)34-6/h8-16,18-19,21H,5,7,17,20,22H2,1-4,6H3/b18-13-,29-24+,32-28?. The van der Waals surface area contributed by atoms with E-state index in [2.05, 4.69) is 87.0 Å². The quantitative estimate of drug-likeness (QED) is 0.369. The third-order valence-corrected chi connectivity index (χ3v) is 6.63. The van der Waals surface area contributed by atoms with Gasteiger partial charge in [-0.25, -0.2) is 0 Å². The molecule has 1 heterocycles. The van der Waals surface area contributed by atoms with Gasteiger partial charge in [-0.15, -0.1) is 0 Å². The average Bonchev–Trinajstić information content (AvgIpc) is 2.87.